The van der Waals surface area contributed by atoms with Crippen LogP contribution in [0.1, 0.15) is 24.5 Å². The van der Waals surface area contributed by atoms with Gasteiger partial charge in [-0.2, -0.15) is 0 Å². The highest BCUT2D eigenvalue weighted by atomic mass is 16.1. The van der Waals surface area contributed by atoms with Gasteiger partial charge in [0.05, 0.1) is 0 Å². The molecule has 0 saturated heterocycles. The molecule has 1 unspecified atom stereocenters. The van der Waals surface area contributed by atoms with Crippen molar-refractivity contribution in [1.82, 2.24) is 4.98 Å². The smallest absolute Gasteiger partial charge is 0.137 e. The molecule has 2 aromatic rings. The van der Waals surface area contributed by atoms with Crippen LogP contribution >= 0.6 is 0 Å². The molecule has 0 spiro atoms. The van der Waals surface area contributed by atoms with Crippen LogP contribution in [-0.2, 0) is 11.2 Å². The van der Waals surface area contributed by atoms with E-state index >= 15 is 0 Å². The summed E-state index contributed by atoms with van der Waals surface area (Å²) in [7, 11) is 0. The number of Topliss-reactive ketones (excluding diaryl/α,β-unsaturated/α-hetero) is 1. The highest BCUT2D eigenvalue weighted by molar-refractivity contribution is 5.97. The summed E-state index contributed by atoms with van der Waals surface area (Å²) in [4.78, 5) is 14.9. The normalized spacial score (nSPS) is 17.9. The first-order valence-corrected chi connectivity index (χ1v) is 6.71. The van der Waals surface area contributed by atoms with Gasteiger partial charge in [0.1, 0.15) is 5.78 Å². The van der Waals surface area contributed by atoms with Crippen molar-refractivity contribution in [3.63, 3.8) is 0 Å². The first-order chi connectivity index (χ1) is 9.20. The van der Waals surface area contributed by atoms with Crippen LogP contribution in [0.3, 0.4) is 0 Å². The van der Waals surface area contributed by atoms with E-state index in [0.29, 0.717) is 6.54 Å². The van der Waals surface area contributed by atoms with Crippen molar-refractivity contribution in [1.29, 1.82) is 0 Å². The second kappa shape index (κ2) is 4.67. The molecule has 0 bridgehead atoms. The van der Waals surface area contributed by atoms with Crippen LogP contribution in [0, 0.1) is 5.92 Å². The molecule has 19 heavy (non-hydrogen) atoms. The van der Waals surface area contributed by atoms with Crippen molar-refractivity contribution in [2.24, 2.45) is 11.7 Å². The predicted octanol–water partition coefficient (Wildman–Crippen LogP) is 2.66. The molecule has 1 aliphatic carbocycles. The van der Waals surface area contributed by atoms with E-state index in [4.69, 9.17) is 5.73 Å². The molecule has 0 aliphatic heterocycles. The average Bonchev–Trinajstić information content (AvgIpc) is 2.83. The minimum absolute atomic E-state index is 0.141. The number of rotatable bonds is 3. The first-order valence-electron chi connectivity index (χ1n) is 6.71. The van der Waals surface area contributed by atoms with Crippen LogP contribution < -0.4 is 5.73 Å². The Balaban J connectivity index is 2.13. The topological polar surface area (TPSA) is 58.9 Å². The molecule has 1 aliphatic rings. The van der Waals surface area contributed by atoms with Gasteiger partial charge in [0.15, 0.2) is 0 Å². The lowest BCUT2D eigenvalue weighted by Gasteiger charge is -2.18. The van der Waals surface area contributed by atoms with Crippen LogP contribution in [-0.4, -0.2) is 17.3 Å². The van der Waals surface area contributed by atoms with Crippen molar-refractivity contribution in [3.05, 3.63) is 41.6 Å². The molecule has 3 rings (SSSR count). The van der Waals surface area contributed by atoms with Crippen LogP contribution in [0.15, 0.2) is 30.5 Å². The number of aromatic nitrogens is 1. The summed E-state index contributed by atoms with van der Waals surface area (Å²) in [5.41, 5.74) is 10.7. The van der Waals surface area contributed by atoms with Gasteiger partial charge >= 0.3 is 0 Å². The standard InChI is InChI=1S/C16H18N2O/c1-10(19)13(8-17)7-11-5-6-12-9-18-15-4-2-3-14(11)16(12)15/h2-4,7,9,13,18H,5-6,8,17H2,1H3/b11-7+. The summed E-state index contributed by atoms with van der Waals surface area (Å²) in [6.45, 7) is 1.99. The van der Waals surface area contributed by atoms with Gasteiger partial charge in [-0.05, 0) is 42.5 Å². The number of ketones is 1. The largest absolute Gasteiger partial charge is 0.361 e. The van der Waals surface area contributed by atoms with Gasteiger partial charge in [0.25, 0.3) is 0 Å². The maximum Gasteiger partial charge on any atom is 0.137 e. The van der Waals surface area contributed by atoms with E-state index in [9.17, 15) is 4.79 Å². The Bertz CT molecular complexity index is 666. The number of carbonyl (C=O) groups excluding carboxylic acids is 1. The molecule has 0 amide bonds. The Morgan fingerprint density at radius 3 is 3.05 bits per heavy atom. The molecule has 1 atom stereocenters. The Kier molecular flexibility index (Phi) is 2.99. The number of aromatic amines is 1. The van der Waals surface area contributed by atoms with Crippen LogP contribution in [0.5, 0.6) is 0 Å². The van der Waals surface area contributed by atoms with E-state index < -0.39 is 0 Å². The van der Waals surface area contributed by atoms with E-state index in [1.807, 2.05) is 0 Å². The minimum Gasteiger partial charge on any atom is -0.361 e. The molecule has 98 valence electrons. The fourth-order valence-corrected chi connectivity index (χ4v) is 2.89. The maximum absolute atomic E-state index is 11.6. The van der Waals surface area contributed by atoms with Gasteiger partial charge < -0.3 is 10.7 Å². The summed E-state index contributed by atoms with van der Waals surface area (Å²) < 4.78 is 0. The van der Waals surface area contributed by atoms with E-state index in [0.717, 1.165) is 12.8 Å². The van der Waals surface area contributed by atoms with Gasteiger partial charge in [-0.25, -0.2) is 0 Å². The number of aryl methyl sites for hydroxylation is 1. The zero-order valence-electron chi connectivity index (χ0n) is 11.1. The third-order valence-electron chi connectivity index (χ3n) is 3.98. The highest BCUT2D eigenvalue weighted by Crippen LogP contribution is 2.36. The number of nitrogens with two attached hydrogens (primary N) is 1. The first kappa shape index (κ1) is 12.2. The lowest BCUT2D eigenvalue weighted by molar-refractivity contribution is -0.119. The number of H-pyrrole nitrogens is 1. The highest BCUT2D eigenvalue weighted by Gasteiger charge is 2.19. The van der Waals surface area contributed by atoms with Crippen molar-refractivity contribution in [3.8, 4) is 0 Å². The number of carbonyl (C=O) groups is 1. The van der Waals surface area contributed by atoms with Crippen molar-refractivity contribution >= 4 is 22.3 Å². The number of hydrogen-bond donors (Lipinski definition) is 2. The fraction of sp³-hybridized carbons (Fsp3) is 0.312. The van der Waals surface area contributed by atoms with Crippen LogP contribution in [0.25, 0.3) is 16.5 Å². The van der Waals surface area contributed by atoms with Gasteiger partial charge in [-0.15, -0.1) is 0 Å². The molecule has 0 fully saturated rings. The van der Waals surface area contributed by atoms with Gasteiger partial charge in [0, 0.05) is 29.6 Å². The quantitative estimate of drug-likeness (QED) is 0.884. The molecule has 1 aromatic heterocycles. The number of allylic oxidation sites excluding steroid dienone is 1. The van der Waals surface area contributed by atoms with Crippen LogP contribution in [0.2, 0.25) is 0 Å². The summed E-state index contributed by atoms with van der Waals surface area (Å²) in [6, 6.07) is 6.29. The third-order valence-corrected chi connectivity index (χ3v) is 3.98. The predicted molar refractivity (Wildman–Crippen MR) is 77.8 cm³/mol. The van der Waals surface area contributed by atoms with Gasteiger partial charge in [0.2, 0.25) is 0 Å². The molecule has 3 heteroatoms. The molecule has 1 aromatic carbocycles. The van der Waals surface area contributed by atoms with E-state index in [-0.39, 0.29) is 11.7 Å². The van der Waals surface area contributed by atoms with Gasteiger partial charge in [-0.3, -0.25) is 4.79 Å². The number of hydrogen-bond acceptors (Lipinski definition) is 2. The van der Waals surface area contributed by atoms with E-state index in [1.165, 1.54) is 27.6 Å². The molecule has 1 heterocycles. The molecule has 3 nitrogen and oxygen atoms in total. The summed E-state index contributed by atoms with van der Waals surface area (Å²) in [6.07, 6.45) is 6.16. The zero-order valence-corrected chi connectivity index (χ0v) is 11.1. The van der Waals surface area contributed by atoms with E-state index in [2.05, 4.69) is 35.5 Å². The average molecular weight is 254 g/mol. The van der Waals surface area contributed by atoms with Crippen LogP contribution in [0.4, 0.5) is 0 Å². The Hall–Kier alpha value is -1.87. The summed E-state index contributed by atoms with van der Waals surface area (Å²) in [5.74, 6) is -0.0206. The van der Waals surface area contributed by atoms with E-state index in [1.54, 1.807) is 6.92 Å². The molecular formula is C16H18N2O. The number of benzene rings is 1. The monoisotopic (exact) mass is 254 g/mol. The lowest BCUT2D eigenvalue weighted by atomic mass is 9.86. The summed E-state index contributed by atoms with van der Waals surface area (Å²) in [5, 5.41) is 1.30. The second-order valence-electron chi connectivity index (χ2n) is 5.19. The third kappa shape index (κ3) is 2.00. The maximum atomic E-state index is 11.6. The Labute approximate surface area is 112 Å². The Morgan fingerprint density at radius 2 is 2.32 bits per heavy atom. The minimum atomic E-state index is -0.161. The molecule has 3 N–H and O–H groups in total. The SMILES string of the molecule is CC(=O)C(/C=C1\CCc2c[nH]c3cccc1c23)CN. The zero-order chi connectivity index (χ0) is 13.4. The fourth-order valence-electron chi connectivity index (χ4n) is 2.89. The van der Waals surface area contributed by atoms with Crippen molar-refractivity contribution in [2.75, 3.05) is 6.54 Å². The summed E-state index contributed by atoms with van der Waals surface area (Å²) >= 11 is 0. The Morgan fingerprint density at radius 1 is 1.47 bits per heavy atom. The number of nitrogens with one attached hydrogen (secondary N) is 1. The van der Waals surface area contributed by atoms with Gasteiger partial charge in [-0.1, -0.05) is 18.2 Å². The second-order valence-corrected chi connectivity index (χ2v) is 5.19. The lowest BCUT2D eigenvalue weighted by Crippen LogP contribution is -2.20. The molecular weight excluding hydrogens is 236 g/mol. The van der Waals surface area contributed by atoms with Crippen molar-refractivity contribution in [2.45, 2.75) is 19.8 Å². The molecule has 0 saturated carbocycles. The van der Waals surface area contributed by atoms with Crippen molar-refractivity contribution < 1.29 is 4.79 Å². The molecule has 0 radical (unpaired) electrons.